The van der Waals surface area contributed by atoms with Crippen LogP contribution in [0.3, 0.4) is 0 Å². The Labute approximate surface area is 158 Å². The molecule has 1 saturated carbocycles. The molecule has 2 aliphatic rings. The molecule has 148 valence electrons. The van der Waals surface area contributed by atoms with Crippen LogP contribution in [0.1, 0.15) is 31.2 Å². The summed E-state index contributed by atoms with van der Waals surface area (Å²) in [4.78, 5) is 29.1. The topological polar surface area (TPSA) is 52.7 Å². The standard InChI is InChI=1S/C20H27F2N3O2/c1-23-18(26)17-14-24(13-15-5-3-2-4-6-15)11-12-25(17)19(27)16-7-9-20(21,22)10-8-16/h2-6,16-17H,7-14H2,1H3,(H,23,26). The number of carbonyl (C=O) groups is 2. The summed E-state index contributed by atoms with van der Waals surface area (Å²) in [6.07, 6.45) is -0.114. The monoisotopic (exact) mass is 379 g/mol. The summed E-state index contributed by atoms with van der Waals surface area (Å²) in [6.45, 7) is 2.27. The van der Waals surface area contributed by atoms with Gasteiger partial charge in [0.15, 0.2) is 0 Å². The minimum atomic E-state index is -2.66. The van der Waals surface area contributed by atoms with E-state index >= 15 is 0 Å². The number of likely N-dealkylation sites (N-methyl/N-ethyl adjacent to an activating group) is 1. The van der Waals surface area contributed by atoms with Gasteiger partial charge in [-0.3, -0.25) is 14.5 Å². The van der Waals surface area contributed by atoms with Gasteiger partial charge in [-0.2, -0.15) is 0 Å². The first-order chi connectivity index (χ1) is 12.9. The van der Waals surface area contributed by atoms with E-state index < -0.39 is 17.9 Å². The van der Waals surface area contributed by atoms with Crippen LogP contribution in [0.2, 0.25) is 0 Å². The van der Waals surface area contributed by atoms with Gasteiger partial charge >= 0.3 is 0 Å². The zero-order valence-corrected chi connectivity index (χ0v) is 15.7. The number of nitrogens with zero attached hydrogens (tertiary/aromatic N) is 2. The number of carbonyl (C=O) groups excluding carboxylic acids is 2. The maximum atomic E-state index is 13.4. The van der Waals surface area contributed by atoms with Crippen molar-refractivity contribution < 1.29 is 18.4 Å². The molecule has 2 amide bonds. The second-order valence-corrected chi connectivity index (χ2v) is 7.51. The van der Waals surface area contributed by atoms with E-state index in [0.29, 0.717) is 26.2 Å². The summed E-state index contributed by atoms with van der Waals surface area (Å²) in [5.41, 5.74) is 1.16. The summed E-state index contributed by atoms with van der Waals surface area (Å²) in [5, 5.41) is 2.64. The average Bonchev–Trinajstić information content (AvgIpc) is 2.67. The summed E-state index contributed by atoms with van der Waals surface area (Å²) in [5.74, 6) is -3.43. The number of piperazine rings is 1. The number of hydrogen-bond donors (Lipinski definition) is 1. The van der Waals surface area contributed by atoms with E-state index in [0.717, 1.165) is 5.56 Å². The SMILES string of the molecule is CNC(=O)C1CN(Cc2ccccc2)CCN1C(=O)C1CCC(F)(F)CC1. The van der Waals surface area contributed by atoms with E-state index in [2.05, 4.69) is 10.2 Å². The van der Waals surface area contributed by atoms with Crippen molar-refractivity contribution in [2.24, 2.45) is 5.92 Å². The highest BCUT2D eigenvalue weighted by Crippen LogP contribution is 2.37. The molecule has 0 radical (unpaired) electrons. The Balaban J connectivity index is 1.66. The first-order valence-electron chi connectivity index (χ1n) is 9.56. The van der Waals surface area contributed by atoms with Gasteiger partial charge in [-0.25, -0.2) is 8.78 Å². The van der Waals surface area contributed by atoms with E-state index in [-0.39, 0.29) is 37.5 Å². The van der Waals surface area contributed by atoms with E-state index in [4.69, 9.17) is 0 Å². The molecule has 1 aromatic rings. The van der Waals surface area contributed by atoms with Gasteiger partial charge in [0.2, 0.25) is 17.7 Å². The van der Waals surface area contributed by atoms with Crippen LogP contribution in [0.4, 0.5) is 8.78 Å². The molecule has 3 rings (SSSR count). The highest BCUT2D eigenvalue weighted by Gasteiger charge is 2.42. The van der Waals surface area contributed by atoms with Crippen molar-refractivity contribution in [1.82, 2.24) is 15.1 Å². The lowest BCUT2D eigenvalue weighted by Crippen LogP contribution is -2.61. The van der Waals surface area contributed by atoms with E-state index in [1.54, 1.807) is 11.9 Å². The number of nitrogens with one attached hydrogen (secondary N) is 1. The molecule has 0 bridgehead atoms. The fraction of sp³-hybridized carbons (Fsp3) is 0.600. The number of alkyl halides is 2. The summed E-state index contributed by atoms with van der Waals surface area (Å²) < 4.78 is 26.8. The fourth-order valence-electron chi connectivity index (χ4n) is 4.00. The van der Waals surface area contributed by atoms with Crippen molar-refractivity contribution in [3.8, 4) is 0 Å². The molecule has 5 nitrogen and oxygen atoms in total. The average molecular weight is 379 g/mol. The minimum absolute atomic E-state index is 0.154. The Morgan fingerprint density at radius 2 is 1.81 bits per heavy atom. The highest BCUT2D eigenvalue weighted by molar-refractivity contribution is 5.89. The maximum Gasteiger partial charge on any atom is 0.248 e. The van der Waals surface area contributed by atoms with Gasteiger partial charge in [-0.1, -0.05) is 30.3 Å². The summed E-state index contributed by atoms with van der Waals surface area (Å²) >= 11 is 0. The van der Waals surface area contributed by atoms with E-state index in [1.807, 2.05) is 30.3 Å². The Morgan fingerprint density at radius 3 is 2.44 bits per heavy atom. The molecule has 1 unspecified atom stereocenters. The Kier molecular flexibility index (Phi) is 6.09. The van der Waals surface area contributed by atoms with Crippen molar-refractivity contribution in [3.05, 3.63) is 35.9 Å². The first-order valence-corrected chi connectivity index (χ1v) is 9.56. The third-order valence-electron chi connectivity index (χ3n) is 5.61. The van der Waals surface area contributed by atoms with Gasteiger partial charge in [0, 0.05) is 52.0 Å². The number of benzene rings is 1. The quantitative estimate of drug-likeness (QED) is 0.873. The van der Waals surface area contributed by atoms with Gasteiger partial charge in [0.1, 0.15) is 6.04 Å². The molecule has 27 heavy (non-hydrogen) atoms. The lowest BCUT2D eigenvalue weighted by atomic mass is 9.85. The van der Waals surface area contributed by atoms with Crippen LogP contribution in [-0.2, 0) is 16.1 Å². The third kappa shape index (κ3) is 4.83. The molecular formula is C20H27F2N3O2. The summed E-state index contributed by atoms with van der Waals surface area (Å²) in [6, 6.07) is 9.40. The van der Waals surface area contributed by atoms with Crippen molar-refractivity contribution in [2.45, 2.75) is 44.2 Å². The number of hydrogen-bond acceptors (Lipinski definition) is 3. The molecule has 1 atom stereocenters. The molecule has 1 heterocycles. The molecule has 1 N–H and O–H groups in total. The molecule has 1 aromatic carbocycles. The van der Waals surface area contributed by atoms with E-state index in [1.165, 1.54) is 0 Å². The predicted octanol–water partition coefficient (Wildman–Crippen LogP) is 2.27. The largest absolute Gasteiger partial charge is 0.357 e. The normalized spacial score (nSPS) is 23.8. The van der Waals surface area contributed by atoms with Crippen molar-refractivity contribution in [2.75, 3.05) is 26.7 Å². The second kappa shape index (κ2) is 8.33. The van der Waals surface area contributed by atoms with Crippen LogP contribution in [0, 0.1) is 5.92 Å². The fourth-order valence-corrected chi connectivity index (χ4v) is 4.00. The Hall–Kier alpha value is -2.02. The third-order valence-corrected chi connectivity index (χ3v) is 5.61. The number of halogens is 2. The van der Waals surface area contributed by atoms with Gasteiger partial charge in [-0.05, 0) is 18.4 Å². The predicted molar refractivity (Wildman–Crippen MR) is 98.2 cm³/mol. The molecule has 0 spiro atoms. The maximum absolute atomic E-state index is 13.4. The van der Waals surface area contributed by atoms with Crippen molar-refractivity contribution in [1.29, 1.82) is 0 Å². The van der Waals surface area contributed by atoms with Gasteiger partial charge in [-0.15, -0.1) is 0 Å². The number of amides is 2. The smallest absolute Gasteiger partial charge is 0.248 e. The first kappa shape index (κ1) is 19.7. The van der Waals surface area contributed by atoms with Gasteiger partial charge < -0.3 is 10.2 Å². The molecule has 1 aliphatic carbocycles. The Bertz CT molecular complexity index is 658. The molecule has 2 fully saturated rings. The zero-order valence-electron chi connectivity index (χ0n) is 15.7. The molecule has 7 heteroatoms. The molecule has 1 saturated heterocycles. The van der Waals surface area contributed by atoms with Crippen molar-refractivity contribution >= 4 is 11.8 Å². The Morgan fingerprint density at radius 1 is 1.15 bits per heavy atom. The van der Waals surface area contributed by atoms with Gasteiger partial charge in [0.05, 0.1) is 0 Å². The molecular weight excluding hydrogens is 352 g/mol. The molecule has 1 aliphatic heterocycles. The van der Waals surface area contributed by atoms with Crippen LogP contribution in [0.25, 0.3) is 0 Å². The number of rotatable bonds is 4. The lowest BCUT2D eigenvalue weighted by molar-refractivity contribution is -0.150. The molecule has 0 aromatic heterocycles. The summed E-state index contributed by atoms with van der Waals surface area (Å²) in [7, 11) is 1.56. The van der Waals surface area contributed by atoms with Crippen LogP contribution in [-0.4, -0.2) is 60.3 Å². The van der Waals surface area contributed by atoms with Crippen molar-refractivity contribution in [3.63, 3.8) is 0 Å². The lowest BCUT2D eigenvalue weighted by Gasteiger charge is -2.42. The minimum Gasteiger partial charge on any atom is -0.357 e. The second-order valence-electron chi connectivity index (χ2n) is 7.51. The van der Waals surface area contributed by atoms with Crippen LogP contribution >= 0.6 is 0 Å². The highest BCUT2D eigenvalue weighted by atomic mass is 19.3. The van der Waals surface area contributed by atoms with Crippen LogP contribution in [0.15, 0.2) is 30.3 Å². The van der Waals surface area contributed by atoms with Crippen LogP contribution in [0.5, 0.6) is 0 Å². The van der Waals surface area contributed by atoms with Gasteiger partial charge in [0.25, 0.3) is 0 Å². The zero-order chi connectivity index (χ0) is 19.4. The van der Waals surface area contributed by atoms with Crippen LogP contribution < -0.4 is 5.32 Å². The van der Waals surface area contributed by atoms with E-state index in [9.17, 15) is 18.4 Å².